The number of hydrogen-bond donors (Lipinski definition) is 2. The zero-order chi connectivity index (χ0) is 21.6. The van der Waals surface area contributed by atoms with Crippen molar-refractivity contribution >= 4 is 27.4 Å². The molecule has 0 spiro atoms. The van der Waals surface area contributed by atoms with Crippen LogP contribution in [0.25, 0.3) is 0 Å². The summed E-state index contributed by atoms with van der Waals surface area (Å²) in [6, 6.07) is 20.5. The van der Waals surface area contributed by atoms with Crippen LogP contribution in [0.1, 0.15) is 5.56 Å². The summed E-state index contributed by atoms with van der Waals surface area (Å²) in [6.45, 7) is 2.03. The van der Waals surface area contributed by atoms with Crippen molar-refractivity contribution in [3.63, 3.8) is 0 Å². The van der Waals surface area contributed by atoms with Gasteiger partial charge < -0.3 is 5.32 Å². The van der Waals surface area contributed by atoms with Gasteiger partial charge in [0.2, 0.25) is 10.0 Å². The van der Waals surface area contributed by atoms with Crippen LogP contribution in [-0.2, 0) is 10.0 Å². The summed E-state index contributed by atoms with van der Waals surface area (Å²) >= 11 is 0. The SMILES string of the molecule is Cc1ccc(NC(=O)N(CCNS(=O)(=O)c2ccc(F)cc2)c2ccccc2)cc1. The van der Waals surface area contributed by atoms with E-state index >= 15 is 0 Å². The predicted octanol–water partition coefficient (Wildman–Crippen LogP) is 4.15. The molecule has 0 atom stereocenters. The molecule has 2 amide bonds. The van der Waals surface area contributed by atoms with Crippen molar-refractivity contribution in [2.24, 2.45) is 0 Å². The number of nitrogens with zero attached hydrogens (tertiary/aromatic N) is 1. The van der Waals surface area contributed by atoms with Gasteiger partial charge in [-0.2, -0.15) is 0 Å². The Bertz CT molecular complexity index is 1090. The van der Waals surface area contributed by atoms with Crippen molar-refractivity contribution in [3.8, 4) is 0 Å². The monoisotopic (exact) mass is 427 g/mol. The van der Waals surface area contributed by atoms with Crippen molar-refractivity contribution in [2.75, 3.05) is 23.3 Å². The molecule has 0 bridgehead atoms. The first-order valence-corrected chi connectivity index (χ1v) is 10.8. The molecule has 0 aliphatic heterocycles. The van der Waals surface area contributed by atoms with Crippen LogP contribution in [0.2, 0.25) is 0 Å². The number of aryl methyl sites for hydroxylation is 1. The van der Waals surface area contributed by atoms with E-state index in [2.05, 4.69) is 10.0 Å². The molecule has 3 rings (SSSR count). The Labute approximate surface area is 175 Å². The molecule has 8 heteroatoms. The molecule has 0 unspecified atom stereocenters. The van der Waals surface area contributed by atoms with Gasteiger partial charge >= 0.3 is 6.03 Å². The number of urea groups is 1. The number of halogens is 1. The van der Waals surface area contributed by atoms with Crippen molar-refractivity contribution in [3.05, 3.63) is 90.2 Å². The van der Waals surface area contributed by atoms with Gasteiger partial charge in [0, 0.05) is 24.5 Å². The molecule has 0 fully saturated rings. The summed E-state index contributed by atoms with van der Waals surface area (Å²) in [6.07, 6.45) is 0. The molecule has 0 aromatic heterocycles. The number of sulfonamides is 1. The highest BCUT2D eigenvalue weighted by Crippen LogP contribution is 2.16. The fourth-order valence-electron chi connectivity index (χ4n) is 2.77. The number of carbonyl (C=O) groups is 1. The van der Waals surface area contributed by atoms with E-state index in [1.54, 1.807) is 36.4 Å². The Morgan fingerprint density at radius 2 is 1.57 bits per heavy atom. The van der Waals surface area contributed by atoms with Crippen LogP contribution in [0.5, 0.6) is 0 Å². The predicted molar refractivity (Wildman–Crippen MR) is 116 cm³/mol. The third kappa shape index (κ3) is 5.65. The van der Waals surface area contributed by atoms with Gasteiger partial charge in [-0.15, -0.1) is 0 Å². The van der Waals surface area contributed by atoms with E-state index < -0.39 is 15.8 Å². The highest BCUT2D eigenvalue weighted by molar-refractivity contribution is 7.89. The Kier molecular flexibility index (Phi) is 6.81. The van der Waals surface area contributed by atoms with Crippen LogP contribution in [0.15, 0.2) is 83.8 Å². The fraction of sp³-hybridized carbons (Fsp3) is 0.136. The van der Waals surface area contributed by atoms with Gasteiger partial charge in [-0.1, -0.05) is 35.9 Å². The number of rotatable bonds is 7. The van der Waals surface area contributed by atoms with E-state index in [-0.39, 0.29) is 24.0 Å². The zero-order valence-electron chi connectivity index (χ0n) is 16.4. The number of amides is 2. The van der Waals surface area contributed by atoms with E-state index in [9.17, 15) is 17.6 Å². The molecule has 0 saturated carbocycles. The smallest absolute Gasteiger partial charge is 0.308 e. The number of anilines is 2. The molecule has 156 valence electrons. The topological polar surface area (TPSA) is 78.5 Å². The zero-order valence-corrected chi connectivity index (χ0v) is 17.2. The summed E-state index contributed by atoms with van der Waals surface area (Å²) in [5.41, 5.74) is 2.34. The second-order valence-electron chi connectivity index (χ2n) is 6.64. The van der Waals surface area contributed by atoms with E-state index in [4.69, 9.17) is 0 Å². The number of carbonyl (C=O) groups excluding carboxylic acids is 1. The lowest BCUT2D eigenvalue weighted by Crippen LogP contribution is -2.41. The third-order valence-corrected chi connectivity index (χ3v) is 5.84. The molecular weight excluding hydrogens is 405 g/mol. The molecule has 6 nitrogen and oxygen atoms in total. The van der Waals surface area contributed by atoms with Crippen molar-refractivity contribution in [2.45, 2.75) is 11.8 Å². The van der Waals surface area contributed by atoms with Crippen LogP contribution >= 0.6 is 0 Å². The largest absolute Gasteiger partial charge is 0.326 e. The van der Waals surface area contributed by atoms with Gasteiger partial charge in [0.15, 0.2) is 0 Å². The van der Waals surface area contributed by atoms with Gasteiger partial charge in [-0.3, -0.25) is 4.90 Å². The fourth-order valence-corrected chi connectivity index (χ4v) is 3.79. The highest BCUT2D eigenvalue weighted by Gasteiger charge is 2.18. The van der Waals surface area contributed by atoms with Gasteiger partial charge in [-0.05, 0) is 55.5 Å². The normalized spacial score (nSPS) is 11.1. The molecule has 0 radical (unpaired) electrons. The lowest BCUT2D eigenvalue weighted by molar-refractivity contribution is 0.257. The minimum atomic E-state index is -3.82. The summed E-state index contributed by atoms with van der Waals surface area (Å²) in [5.74, 6) is -0.517. The van der Waals surface area contributed by atoms with Crippen LogP contribution in [-0.4, -0.2) is 27.5 Å². The minimum Gasteiger partial charge on any atom is -0.308 e. The Morgan fingerprint density at radius 1 is 0.933 bits per heavy atom. The van der Waals surface area contributed by atoms with Gasteiger partial charge in [0.05, 0.1) is 4.90 Å². The number of hydrogen-bond acceptors (Lipinski definition) is 3. The van der Waals surface area contributed by atoms with Crippen LogP contribution in [0.3, 0.4) is 0 Å². The summed E-state index contributed by atoms with van der Waals surface area (Å²) in [7, 11) is -3.82. The molecular formula is C22H22FN3O3S. The van der Waals surface area contributed by atoms with E-state index in [1.807, 2.05) is 25.1 Å². The molecule has 3 aromatic rings. The van der Waals surface area contributed by atoms with Crippen LogP contribution in [0.4, 0.5) is 20.6 Å². The molecule has 0 heterocycles. The standard InChI is InChI=1S/C22H22FN3O3S/c1-17-7-11-19(12-8-17)25-22(27)26(20-5-3-2-4-6-20)16-15-24-30(28,29)21-13-9-18(23)10-14-21/h2-14,24H,15-16H2,1H3,(H,25,27). The lowest BCUT2D eigenvalue weighted by atomic mass is 10.2. The van der Waals surface area contributed by atoms with E-state index in [0.29, 0.717) is 11.4 Å². The van der Waals surface area contributed by atoms with Gasteiger partial charge in [0.25, 0.3) is 0 Å². The van der Waals surface area contributed by atoms with Crippen molar-refractivity contribution in [1.29, 1.82) is 0 Å². The minimum absolute atomic E-state index is 0.0179. The molecule has 30 heavy (non-hydrogen) atoms. The Hall–Kier alpha value is -3.23. The van der Waals surface area contributed by atoms with Gasteiger partial charge in [-0.25, -0.2) is 22.3 Å². The molecule has 0 aliphatic carbocycles. The third-order valence-electron chi connectivity index (χ3n) is 4.37. The molecule has 0 aliphatic rings. The first-order valence-electron chi connectivity index (χ1n) is 9.31. The number of nitrogens with one attached hydrogen (secondary N) is 2. The van der Waals surface area contributed by atoms with E-state index in [1.165, 1.54) is 17.0 Å². The maximum atomic E-state index is 13.0. The second kappa shape index (κ2) is 9.51. The van der Waals surface area contributed by atoms with E-state index in [0.717, 1.165) is 17.7 Å². The summed E-state index contributed by atoms with van der Waals surface area (Å²) in [4.78, 5) is 14.3. The summed E-state index contributed by atoms with van der Waals surface area (Å²) < 4.78 is 40.3. The Morgan fingerprint density at radius 3 is 2.20 bits per heavy atom. The van der Waals surface area contributed by atoms with Crippen molar-refractivity contribution < 1.29 is 17.6 Å². The number of benzene rings is 3. The number of para-hydroxylation sites is 1. The molecule has 2 N–H and O–H groups in total. The average molecular weight is 428 g/mol. The second-order valence-corrected chi connectivity index (χ2v) is 8.40. The maximum Gasteiger partial charge on any atom is 0.326 e. The lowest BCUT2D eigenvalue weighted by Gasteiger charge is -2.23. The van der Waals surface area contributed by atoms with Crippen molar-refractivity contribution in [1.82, 2.24) is 4.72 Å². The Balaban J connectivity index is 1.71. The molecule has 0 saturated heterocycles. The average Bonchev–Trinajstić information content (AvgIpc) is 2.74. The maximum absolute atomic E-state index is 13.0. The highest BCUT2D eigenvalue weighted by atomic mass is 32.2. The summed E-state index contributed by atoms with van der Waals surface area (Å²) in [5, 5.41) is 2.82. The quantitative estimate of drug-likeness (QED) is 0.595. The molecule has 3 aromatic carbocycles. The first kappa shape index (κ1) is 21.5. The van der Waals surface area contributed by atoms with Crippen LogP contribution in [0, 0.1) is 12.7 Å². The van der Waals surface area contributed by atoms with Gasteiger partial charge in [0.1, 0.15) is 5.82 Å². The first-order chi connectivity index (χ1) is 14.3. The van der Waals surface area contributed by atoms with Crippen LogP contribution < -0.4 is 14.9 Å².